The quantitative estimate of drug-likeness (QED) is 0.241. The zero-order chi connectivity index (χ0) is 23.2. The largest absolute Gasteiger partial charge is 0.507 e. The summed E-state index contributed by atoms with van der Waals surface area (Å²) in [6.07, 6.45) is 7.25. The Morgan fingerprint density at radius 2 is 1.97 bits per heavy atom. The summed E-state index contributed by atoms with van der Waals surface area (Å²) in [5.74, 6) is 0.865. The molecule has 7 nitrogen and oxygen atoms in total. The molecule has 1 heterocycles. The Balaban J connectivity index is 1.46. The molecule has 0 aliphatic heterocycles. The molecule has 0 spiro atoms. The normalized spacial score (nSPS) is 14.6. The fraction of sp³-hybridized carbons (Fsp3) is 0.333. The summed E-state index contributed by atoms with van der Waals surface area (Å²) >= 11 is 4.72. The maximum Gasteiger partial charge on any atom is 0.250 e. The summed E-state index contributed by atoms with van der Waals surface area (Å²) in [4.78, 5) is 12.4. The van der Waals surface area contributed by atoms with E-state index in [0.29, 0.717) is 11.6 Å². The number of halogens is 1. The van der Waals surface area contributed by atoms with Gasteiger partial charge in [0.25, 0.3) is 5.91 Å². The average Bonchev–Trinajstić information content (AvgIpc) is 3.25. The number of phenols is 1. The van der Waals surface area contributed by atoms with Gasteiger partial charge in [-0.15, -0.1) is 10.2 Å². The zero-order valence-corrected chi connectivity index (χ0v) is 20.8. The molecule has 3 aromatic rings. The van der Waals surface area contributed by atoms with Gasteiger partial charge in [0.2, 0.25) is 0 Å². The number of phenolic OH excluding ortho intramolecular Hbond substituents is 1. The number of amides is 1. The maximum absolute atomic E-state index is 12.4. The Labute approximate surface area is 205 Å². The number of aryl methyl sites for hydroxylation is 1. The van der Waals surface area contributed by atoms with E-state index in [1.54, 1.807) is 18.2 Å². The second-order valence-corrected chi connectivity index (χ2v) is 9.98. The van der Waals surface area contributed by atoms with Crippen LogP contribution in [0.5, 0.6) is 5.75 Å². The van der Waals surface area contributed by atoms with Crippen molar-refractivity contribution >= 4 is 39.8 Å². The van der Waals surface area contributed by atoms with Crippen LogP contribution < -0.4 is 5.43 Å². The van der Waals surface area contributed by atoms with Gasteiger partial charge in [-0.25, -0.2) is 5.43 Å². The van der Waals surface area contributed by atoms with Crippen LogP contribution in [0.3, 0.4) is 0 Å². The van der Waals surface area contributed by atoms with Crippen molar-refractivity contribution in [1.29, 1.82) is 0 Å². The first-order valence-electron chi connectivity index (χ1n) is 11.0. The lowest BCUT2D eigenvalue weighted by Gasteiger charge is -2.25. The molecule has 0 atom stereocenters. The highest BCUT2D eigenvalue weighted by molar-refractivity contribution is 9.10. The van der Waals surface area contributed by atoms with Crippen LogP contribution in [0.2, 0.25) is 0 Å². The van der Waals surface area contributed by atoms with Gasteiger partial charge in [-0.3, -0.25) is 9.36 Å². The minimum absolute atomic E-state index is 0.0924. The van der Waals surface area contributed by atoms with E-state index in [1.165, 1.54) is 42.8 Å². The van der Waals surface area contributed by atoms with Gasteiger partial charge in [0, 0.05) is 21.6 Å². The van der Waals surface area contributed by atoms with Crippen LogP contribution in [0.15, 0.2) is 57.2 Å². The van der Waals surface area contributed by atoms with Crippen LogP contribution in [0.1, 0.15) is 49.3 Å². The molecule has 4 rings (SSSR count). The van der Waals surface area contributed by atoms with Gasteiger partial charge < -0.3 is 5.11 Å². The first-order chi connectivity index (χ1) is 16.0. The third-order valence-electron chi connectivity index (χ3n) is 5.63. The van der Waals surface area contributed by atoms with Crippen LogP contribution in [0.4, 0.5) is 0 Å². The smallest absolute Gasteiger partial charge is 0.250 e. The molecule has 1 fully saturated rings. The summed E-state index contributed by atoms with van der Waals surface area (Å²) in [5, 5.41) is 23.5. The van der Waals surface area contributed by atoms with Gasteiger partial charge in [0.1, 0.15) is 5.75 Å². The standard InChI is InChI=1S/C24H26BrN5O2S/c1-16-7-9-17(10-8-16)23-28-29-24(30(23)20-5-3-2-4-6-20)33-15-22(32)27-26-14-18-13-19(25)11-12-21(18)31/h7-14,20,31H,2-6,15H2,1H3,(H,27,32). The monoisotopic (exact) mass is 527 g/mol. The molecule has 1 saturated carbocycles. The second-order valence-electron chi connectivity index (χ2n) is 8.12. The summed E-state index contributed by atoms with van der Waals surface area (Å²) in [5.41, 5.74) is 5.26. The van der Waals surface area contributed by atoms with E-state index in [2.05, 4.69) is 72.4 Å². The Bertz CT molecular complexity index is 1140. The van der Waals surface area contributed by atoms with Crippen LogP contribution in [0.25, 0.3) is 11.4 Å². The summed E-state index contributed by atoms with van der Waals surface area (Å²) < 4.78 is 3.03. The van der Waals surface area contributed by atoms with Crippen LogP contribution >= 0.6 is 27.7 Å². The molecule has 172 valence electrons. The number of nitrogens with zero attached hydrogens (tertiary/aromatic N) is 4. The fourth-order valence-corrected chi connectivity index (χ4v) is 5.08. The summed E-state index contributed by atoms with van der Waals surface area (Å²) in [6.45, 7) is 2.07. The number of benzene rings is 2. The molecule has 2 aromatic carbocycles. The number of hydrogen-bond acceptors (Lipinski definition) is 6. The van der Waals surface area contributed by atoms with Crippen molar-refractivity contribution in [2.75, 3.05) is 5.75 Å². The van der Waals surface area contributed by atoms with Crippen LogP contribution in [0, 0.1) is 6.92 Å². The van der Waals surface area contributed by atoms with Gasteiger partial charge in [-0.05, 0) is 38.0 Å². The third-order valence-corrected chi connectivity index (χ3v) is 7.07. The van der Waals surface area contributed by atoms with Crippen molar-refractivity contribution in [1.82, 2.24) is 20.2 Å². The molecule has 2 N–H and O–H groups in total. The SMILES string of the molecule is Cc1ccc(-c2nnc(SCC(=O)NN=Cc3cc(Br)ccc3O)n2C2CCCCC2)cc1. The van der Waals surface area contributed by atoms with Crippen molar-refractivity contribution in [3.05, 3.63) is 58.1 Å². The number of carbonyl (C=O) groups is 1. The molecule has 9 heteroatoms. The van der Waals surface area contributed by atoms with Gasteiger partial charge in [-0.1, -0.05) is 76.8 Å². The first kappa shape index (κ1) is 23.5. The molecule has 33 heavy (non-hydrogen) atoms. The second kappa shape index (κ2) is 11.0. The van der Waals surface area contributed by atoms with E-state index in [-0.39, 0.29) is 17.4 Å². The van der Waals surface area contributed by atoms with Crippen molar-refractivity contribution in [2.45, 2.75) is 50.2 Å². The molecular formula is C24H26BrN5O2S. The Kier molecular flexibility index (Phi) is 7.82. The summed E-state index contributed by atoms with van der Waals surface area (Å²) in [6, 6.07) is 13.7. The number of carbonyl (C=O) groups excluding carboxylic acids is 1. The molecule has 1 aliphatic carbocycles. The lowest BCUT2D eigenvalue weighted by atomic mass is 9.95. The van der Waals surface area contributed by atoms with Gasteiger partial charge in [0.15, 0.2) is 11.0 Å². The number of aromatic hydroxyl groups is 1. The van der Waals surface area contributed by atoms with Gasteiger partial charge in [-0.2, -0.15) is 5.10 Å². The molecule has 1 aromatic heterocycles. The maximum atomic E-state index is 12.4. The lowest BCUT2D eigenvalue weighted by molar-refractivity contribution is -0.118. The third kappa shape index (κ3) is 6.03. The number of aromatic nitrogens is 3. The fourth-order valence-electron chi connectivity index (χ4n) is 3.91. The zero-order valence-electron chi connectivity index (χ0n) is 18.4. The Morgan fingerprint density at radius 3 is 2.73 bits per heavy atom. The lowest BCUT2D eigenvalue weighted by Crippen LogP contribution is -2.20. The van der Waals surface area contributed by atoms with E-state index in [1.807, 2.05) is 0 Å². The van der Waals surface area contributed by atoms with Crippen LogP contribution in [-0.4, -0.2) is 37.7 Å². The number of hydrazone groups is 1. The molecule has 1 amide bonds. The van der Waals surface area contributed by atoms with Gasteiger partial charge >= 0.3 is 0 Å². The Morgan fingerprint density at radius 1 is 1.21 bits per heavy atom. The first-order valence-corrected chi connectivity index (χ1v) is 12.7. The number of thioether (sulfide) groups is 1. The average molecular weight is 528 g/mol. The minimum atomic E-state index is -0.249. The number of hydrogen-bond donors (Lipinski definition) is 2. The van der Waals surface area contributed by atoms with Gasteiger partial charge in [0.05, 0.1) is 12.0 Å². The highest BCUT2D eigenvalue weighted by Crippen LogP contribution is 2.35. The Hall–Kier alpha value is -2.65. The highest BCUT2D eigenvalue weighted by Gasteiger charge is 2.24. The van der Waals surface area contributed by atoms with E-state index >= 15 is 0 Å². The van der Waals surface area contributed by atoms with Crippen molar-refractivity contribution in [3.63, 3.8) is 0 Å². The van der Waals surface area contributed by atoms with Crippen molar-refractivity contribution in [3.8, 4) is 17.1 Å². The predicted molar refractivity (Wildman–Crippen MR) is 135 cm³/mol. The highest BCUT2D eigenvalue weighted by atomic mass is 79.9. The van der Waals surface area contributed by atoms with Crippen molar-refractivity contribution < 1.29 is 9.90 Å². The molecule has 0 radical (unpaired) electrons. The van der Waals surface area contributed by atoms with E-state index in [0.717, 1.165) is 33.9 Å². The molecule has 0 saturated heterocycles. The topological polar surface area (TPSA) is 92.4 Å². The molecule has 0 bridgehead atoms. The van der Waals surface area contributed by atoms with E-state index < -0.39 is 0 Å². The summed E-state index contributed by atoms with van der Waals surface area (Å²) in [7, 11) is 0. The predicted octanol–water partition coefficient (Wildman–Crippen LogP) is 5.47. The van der Waals surface area contributed by atoms with Crippen molar-refractivity contribution in [2.24, 2.45) is 5.10 Å². The van der Waals surface area contributed by atoms with E-state index in [4.69, 9.17) is 0 Å². The van der Waals surface area contributed by atoms with E-state index in [9.17, 15) is 9.90 Å². The molecular weight excluding hydrogens is 502 g/mol. The number of nitrogens with one attached hydrogen (secondary N) is 1. The minimum Gasteiger partial charge on any atom is -0.507 e. The van der Waals surface area contributed by atoms with Crippen LogP contribution in [-0.2, 0) is 4.79 Å². The molecule has 0 unspecified atom stereocenters. The number of rotatable bonds is 7. The molecule has 1 aliphatic rings.